The molecule has 3 nitrogen and oxygen atoms in total. The standard InChI is InChI=1S/C11H12F2O3/c1-11(2,15)6-10(14)16-9-4-3-7(12)5-8(9)13/h3-5,15H,6H2,1-2H3. The third-order valence-corrected chi connectivity index (χ3v) is 1.69. The maximum absolute atomic E-state index is 13.1. The molecule has 1 aromatic rings. The molecule has 0 aliphatic rings. The highest BCUT2D eigenvalue weighted by molar-refractivity contribution is 5.73. The Morgan fingerprint density at radius 1 is 1.44 bits per heavy atom. The van der Waals surface area contributed by atoms with E-state index in [9.17, 15) is 18.7 Å². The van der Waals surface area contributed by atoms with Gasteiger partial charge in [-0.1, -0.05) is 0 Å². The summed E-state index contributed by atoms with van der Waals surface area (Å²) in [5.41, 5.74) is -1.23. The first-order valence-corrected chi connectivity index (χ1v) is 4.66. The second-order valence-electron chi connectivity index (χ2n) is 4.04. The van der Waals surface area contributed by atoms with Crippen LogP contribution in [0.1, 0.15) is 20.3 Å². The topological polar surface area (TPSA) is 46.5 Å². The van der Waals surface area contributed by atoms with Crippen molar-refractivity contribution in [2.45, 2.75) is 25.9 Å². The van der Waals surface area contributed by atoms with Crippen LogP contribution in [0, 0.1) is 11.6 Å². The van der Waals surface area contributed by atoms with Gasteiger partial charge in [-0.3, -0.25) is 4.79 Å². The summed E-state index contributed by atoms with van der Waals surface area (Å²) in [6.07, 6.45) is -0.274. The molecule has 0 aromatic heterocycles. The maximum atomic E-state index is 13.1. The zero-order valence-electron chi connectivity index (χ0n) is 8.96. The highest BCUT2D eigenvalue weighted by Crippen LogP contribution is 2.19. The van der Waals surface area contributed by atoms with Gasteiger partial charge in [-0.2, -0.15) is 0 Å². The fraction of sp³-hybridized carbons (Fsp3) is 0.364. The average molecular weight is 230 g/mol. The van der Waals surface area contributed by atoms with Crippen LogP contribution < -0.4 is 4.74 Å². The Morgan fingerprint density at radius 2 is 2.06 bits per heavy atom. The molecular weight excluding hydrogens is 218 g/mol. The molecule has 0 saturated carbocycles. The molecule has 0 amide bonds. The van der Waals surface area contributed by atoms with E-state index in [1.54, 1.807) is 0 Å². The largest absolute Gasteiger partial charge is 0.423 e. The van der Waals surface area contributed by atoms with Crippen LogP contribution in [-0.4, -0.2) is 16.7 Å². The van der Waals surface area contributed by atoms with Crippen molar-refractivity contribution >= 4 is 5.97 Å². The Morgan fingerprint density at radius 3 is 2.56 bits per heavy atom. The Labute approximate surface area is 91.7 Å². The predicted molar refractivity (Wildman–Crippen MR) is 52.9 cm³/mol. The summed E-state index contributed by atoms with van der Waals surface area (Å²) in [6.45, 7) is 2.85. The van der Waals surface area contributed by atoms with Crippen molar-refractivity contribution in [2.24, 2.45) is 0 Å². The van der Waals surface area contributed by atoms with Crippen LogP contribution in [0.2, 0.25) is 0 Å². The van der Waals surface area contributed by atoms with E-state index in [0.717, 1.165) is 12.1 Å². The zero-order chi connectivity index (χ0) is 12.3. The highest BCUT2D eigenvalue weighted by atomic mass is 19.1. The van der Waals surface area contributed by atoms with Crippen molar-refractivity contribution in [1.82, 2.24) is 0 Å². The SMILES string of the molecule is CC(C)(O)CC(=O)Oc1ccc(F)cc1F. The molecule has 88 valence electrons. The Bertz CT molecular complexity index is 397. The number of aliphatic hydroxyl groups is 1. The van der Waals surface area contributed by atoms with Gasteiger partial charge < -0.3 is 9.84 Å². The number of hydrogen-bond acceptors (Lipinski definition) is 3. The molecule has 5 heteroatoms. The Kier molecular flexibility index (Phi) is 3.59. The van der Waals surface area contributed by atoms with Gasteiger partial charge in [0.15, 0.2) is 11.6 Å². The maximum Gasteiger partial charge on any atom is 0.314 e. The molecule has 1 aromatic carbocycles. The van der Waals surface area contributed by atoms with Gasteiger partial charge >= 0.3 is 5.97 Å². The number of ether oxygens (including phenoxy) is 1. The van der Waals surface area contributed by atoms with Gasteiger partial charge in [-0.25, -0.2) is 8.78 Å². The van der Waals surface area contributed by atoms with Crippen LogP contribution in [0.4, 0.5) is 8.78 Å². The Hall–Kier alpha value is -1.49. The van der Waals surface area contributed by atoms with E-state index >= 15 is 0 Å². The number of rotatable bonds is 3. The van der Waals surface area contributed by atoms with Gasteiger partial charge in [0.05, 0.1) is 12.0 Å². The number of carbonyl (C=O) groups is 1. The van der Waals surface area contributed by atoms with E-state index in [1.807, 2.05) is 0 Å². The molecule has 0 aliphatic carbocycles. The smallest absolute Gasteiger partial charge is 0.314 e. The lowest BCUT2D eigenvalue weighted by Crippen LogP contribution is -2.26. The van der Waals surface area contributed by atoms with Crippen molar-refractivity contribution < 1.29 is 23.4 Å². The Balaban J connectivity index is 2.70. The minimum atomic E-state index is -1.23. The highest BCUT2D eigenvalue weighted by Gasteiger charge is 2.20. The predicted octanol–water partition coefficient (Wildman–Crippen LogP) is 2.03. The van der Waals surface area contributed by atoms with E-state index in [4.69, 9.17) is 0 Å². The van der Waals surface area contributed by atoms with Crippen LogP contribution in [0.15, 0.2) is 18.2 Å². The summed E-state index contributed by atoms with van der Waals surface area (Å²) in [6, 6.07) is 2.62. The molecule has 1 rings (SSSR count). The number of esters is 1. The normalized spacial score (nSPS) is 11.3. The van der Waals surface area contributed by atoms with Crippen LogP contribution in [0.25, 0.3) is 0 Å². The average Bonchev–Trinajstić information content (AvgIpc) is 2.06. The van der Waals surface area contributed by atoms with Gasteiger partial charge in [-0.05, 0) is 26.0 Å². The molecule has 0 bridgehead atoms. The lowest BCUT2D eigenvalue weighted by Gasteiger charge is -2.15. The molecule has 1 N–H and O–H groups in total. The summed E-state index contributed by atoms with van der Waals surface area (Å²) in [5.74, 6) is -2.84. The third-order valence-electron chi connectivity index (χ3n) is 1.69. The number of carbonyl (C=O) groups excluding carboxylic acids is 1. The van der Waals surface area contributed by atoms with Gasteiger partial charge in [0.25, 0.3) is 0 Å². The van der Waals surface area contributed by atoms with Crippen LogP contribution in [-0.2, 0) is 4.79 Å². The molecular formula is C11H12F2O3. The lowest BCUT2D eigenvalue weighted by atomic mass is 10.1. The zero-order valence-corrected chi connectivity index (χ0v) is 8.96. The van der Waals surface area contributed by atoms with Gasteiger partial charge in [0.2, 0.25) is 0 Å². The second kappa shape index (κ2) is 4.57. The van der Waals surface area contributed by atoms with Crippen molar-refractivity contribution in [1.29, 1.82) is 0 Å². The molecule has 0 saturated heterocycles. The monoisotopic (exact) mass is 230 g/mol. The second-order valence-corrected chi connectivity index (χ2v) is 4.04. The minimum Gasteiger partial charge on any atom is -0.423 e. The molecule has 0 radical (unpaired) electrons. The van der Waals surface area contributed by atoms with E-state index < -0.39 is 23.2 Å². The van der Waals surface area contributed by atoms with Gasteiger partial charge in [0, 0.05) is 6.07 Å². The first kappa shape index (κ1) is 12.6. The summed E-state index contributed by atoms with van der Waals surface area (Å²) >= 11 is 0. The number of halogens is 2. The van der Waals surface area contributed by atoms with E-state index in [2.05, 4.69) is 4.74 Å². The van der Waals surface area contributed by atoms with E-state index in [1.165, 1.54) is 13.8 Å². The van der Waals surface area contributed by atoms with E-state index in [-0.39, 0.29) is 12.2 Å². The fourth-order valence-electron chi connectivity index (χ4n) is 1.07. The minimum absolute atomic E-state index is 0.274. The number of hydrogen-bond donors (Lipinski definition) is 1. The van der Waals surface area contributed by atoms with Crippen molar-refractivity contribution in [3.05, 3.63) is 29.8 Å². The summed E-state index contributed by atoms with van der Waals surface area (Å²) < 4.78 is 30.2. The molecule has 16 heavy (non-hydrogen) atoms. The quantitative estimate of drug-likeness (QED) is 0.638. The van der Waals surface area contributed by atoms with Crippen molar-refractivity contribution in [3.8, 4) is 5.75 Å². The molecule has 0 fully saturated rings. The summed E-state index contributed by atoms with van der Waals surface area (Å²) in [4.78, 5) is 11.2. The fourth-order valence-corrected chi connectivity index (χ4v) is 1.07. The summed E-state index contributed by atoms with van der Waals surface area (Å²) in [5, 5.41) is 9.32. The third kappa shape index (κ3) is 3.94. The van der Waals surface area contributed by atoms with Gasteiger partial charge in [0.1, 0.15) is 5.82 Å². The van der Waals surface area contributed by atoms with Crippen molar-refractivity contribution in [2.75, 3.05) is 0 Å². The van der Waals surface area contributed by atoms with Gasteiger partial charge in [-0.15, -0.1) is 0 Å². The van der Waals surface area contributed by atoms with Crippen LogP contribution in [0.5, 0.6) is 5.75 Å². The van der Waals surface area contributed by atoms with Crippen molar-refractivity contribution in [3.63, 3.8) is 0 Å². The number of benzene rings is 1. The first-order chi connectivity index (χ1) is 7.28. The molecule has 0 unspecified atom stereocenters. The van der Waals surface area contributed by atoms with Crippen LogP contribution >= 0.6 is 0 Å². The molecule has 0 heterocycles. The lowest BCUT2D eigenvalue weighted by molar-refractivity contribution is -0.138. The molecule has 0 spiro atoms. The molecule has 0 aliphatic heterocycles. The summed E-state index contributed by atoms with van der Waals surface area (Å²) in [7, 11) is 0. The molecule has 0 atom stereocenters. The first-order valence-electron chi connectivity index (χ1n) is 4.66. The van der Waals surface area contributed by atoms with E-state index in [0.29, 0.717) is 6.07 Å². The van der Waals surface area contributed by atoms with Crippen LogP contribution in [0.3, 0.4) is 0 Å².